The van der Waals surface area contributed by atoms with Crippen LogP contribution in [-0.2, 0) is 0 Å². The second-order valence-electron chi connectivity index (χ2n) is 5.09. The molecule has 2 aromatic heterocycles. The Morgan fingerprint density at radius 2 is 1.88 bits per heavy atom. The zero-order chi connectivity index (χ0) is 18.0. The largest absolute Gasteiger partial charge is 0.494 e. The van der Waals surface area contributed by atoms with E-state index < -0.39 is 0 Å². The number of aromatic nitrogens is 2. The number of nitrogens with zero attached hydrogens (tertiary/aromatic N) is 3. The third-order valence-corrected chi connectivity index (χ3v) is 4.65. The van der Waals surface area contributed by atoms with Gasteiger partial charge in [-0.2, -0.15) is 5.26 Å². The van der Waals surface area contributed by atoms with Gasteiger partial charge in [0.25, 0.3) is 0 Å². The number of hydrogen-bond acceptors (Lipinski definition) is 6. The van der Waals surface area contributed by atoms with Crippen LogP contribution >= 0.6 is 36.9 Å². The average molecular weight is 386 g/mol. The second-order valence-corrected chi connectivity index (χ2v) is 6.41. The van der Waals surface area contributed by atoms with Gasteiger partial charge in [-0.3, -0.25) is 4.98 Å². The van der Waals surface area contributed by atoms with E-state index in [1.54, 1.807) is 25.6 Å². The molecule has 25 heavy (non-hydrogen) atoms. The maximum Gasteiger partial charge on any atom is 0.147 e. The van der Waals surface area contributed by atoms with E-state index in [0.717, 1.165) is 10.5 Å². The Labute approximate surface area is 161 Å². The Kier molecular flexibility index (Phi) is 5.19. The maximum atomic E-state index is 9.35. The topological polar surface area (TPSA) is 58.8 Å². The van der Waals surface area contributed by atoms with E-state index in [-0.39, 0.29) is 10.7 Å². The van der Waals surface area contributed by atoms with Gasteiger partial charge in [-0.05, 0) is 12.1 Å². The minimum absolute atomic E-state index is 0.131. The molecule has 0 aliphatic rings. The van der Waals surface area contributed by atoms with Crippen molar-refractivity contribution >= 4 is 36.9 Å². The van der Waals surface area contributed by atoms with E-state index >= 15 is 0 Å². The molecule has 7 heteroatoms. The molecule has 0 saturated heterocycles. The van der Waals surface area contributed by atoms with Gasteiger partial charge in [-0.1, -0.05) is 29.8 Å². The van der Waals surface area contributed by atoms with Crippen molar-refractivity contribution in [3.63, 3.8) is 0 Å². The first kappa shape index (κ1) is 17.6. The Morgan fingerprint density at radius 3 is 2.56 bits per heavy atom. The molecule has 0 N–H and O–H groups in total. The fraction of sp³-hybridized carbons (Fsp3) is 0.0556. The van der Waals surface area contributed by atoms with Gasteiger partial charge in [0.05, 0.1) is 24.6 Å². The fourth-order valence-electron chi connectivity index (χ4n) is 2.50. The lowest BCUT2D eigenvalue weighted by Crippen LogP contribution is -1.98. The number of halogens is 1. The third-order valence-electron chi connectivity index (χ3n) is 3.64. The zero-order valence-corrected chi connectivity index (χ0v) is 15.6. The smallest absolute Gasteiger partial charge is 0.147 e. The summed E-state index contributed by atoms with van der Waals surface area (Å²) in [5.74, 6) is 0.526. The molecule has 124 valence electrons. The molecule has 0 amide bonds. The lowest BCUT2D eigenvalue weighted by molar-refractivity contribution is 0.413. The lowest BCUT2D eigenvalue weighted by Gasteiger charge is -2.16. The van der Waals surface area contributed by atoms with E-state index in [4.69, 9.17) is 16.3 Å². The molecule has 0 atom stereocenters. The van der Waals surface area contributed by atoms with Crippen LogP contribution in [0.2, 0.25) is 5.15 Å². The van der Waals surface area contributed by atoms with Crippen molar-refractivity contribution in [3.8, 4) is 34.2 Å². The number of methoxy groups -OCH3 is 1. The van der Waals surface area contributed by atoms with E-state index in [9.17, 15) is 5.26 Å². The molecule has 0 bridgehead atoms. The Bertz CT molecular complexity index is 1000. The summed E-state index contributed by atoms with van der Waals surface area (Å²) in [6, 6.07) is 11.3. The van der Waals surface area contributed by atoms with Crippen molar-refractivity contribution in [3.05, 3.63) is 53.4 Å². The van der Waals surface area contributed by atoms with Crippen molar-refractivity contribution < 1.29 is 4.74 Å². The van der Waals surface area contributed by atoms with Crippen LogP contribution in [0.1, 0.15) is 5.56 Å². The van der Waals surface area contributed by atoms with Gasteiger partial charge in [0.2, 0.25) is 0 Å². The number of benzene rings is 1. The van der Waals surface area contributed by atoms with Crippen molar-refractivity contribution in [2.24, 2.45) is 0 Å². The van der Waals surface area contributed by atoms with Gasteiger partial charge in [0.15, 0.2) is 0 Å². The van der Waals surface area contributed by atoms with E-state index in [1.807, 2.05) is 24.3 Å². The van der Waals surface area contributed by atoms with Crippen LogP contribution in [0.3, 0.4) is 0 Å². The van der Waals surface area contributed by atoms with Gasteiger partial charge in [0.1, 0.15) is 17.0 Å². The van der Waals surface area contributed by atoms with Crippen LogP contribution in [0.25, 0.3) is 22.4 Å². The Morgan fingerprint density at radius 1 is 1.12 bits per heavy atom. The molecule has 0 saturated carbocycles. The van der Waals surface area contributed by atoms with Gasteiger partial charge in [-0.15, -0.1) is 25.3 Å². The summed E-state index contributed by atoms with van der Waals surface area (Å²) in [6.45, 7) is 0. The molecule has 3 rings (SSSR count). The van der Waals surface area contributed by atoms with Crippen molar-refractivity contribution in [1.82, 2.24) is 9.97 Å². The predicted molar refractivity (Wildman–Crippen MR) is 104 cm³/mol. The monoisotopic (exact) mass is 385 g/mol. The number of nitriles is 1. The molecular formula is C18H12ClN3OS2. The molecule has 0 aliphatic heterocycles. The highest BCUT2D eigenvalue weighted by molar-refractivity contribution is 7.80. The van der Waals surface area contributed by atoms with Gasteiger partial charge in [0, 0.05) is 32.7 Å². The average Bonchev–Trinajstić information content (AvgIpc) is 2.62. The number of thiol groups is 2. The highest BCUT2D eigenvalue weighted by Crippen LogP contribution is 2.42. The lowest BCUT2D eigenvalue weighted by atomic mass is 9.98. The third kappa shape index (κ3) is 3.31. The number of pyridine rings is 2. The summed E-state index contributed by atoms with van der Waals surface area (Å²) in [7, 11) is 1.55. The van der Waals surface area contributed by atoms with Crippen LogP contribution in [-0.4, -0.2) is 17.1 Å². The summed E-state index contributed by atoms with van der Waals surface area (Å²) >= 11 is 15.2. The molecule has 2 heterocycles. The molecule has 0 fully saturated rings. The molecule has 0 spiro atoms. The summed E-state index contributed by atoms with van der Waals surface area (Å²) in [5, 5.41) is 9.48. The molecule has 1 aromatic carbocycles. The van der Waals surface area contributed by atoms with Gasteiger partial charge < -0.3 is 4.74 Å². The second kappa shape index (κ2) is 7.36. The fourth-order valence-corrected chi connectivity index (χ4v) is 3.24. The van der Waals surface area contributed by atoms with Crippen molar-refractivity contribution in [1.29, 1.82) is 5.26 Å². The Hall–Kier alpha value is -2.20. The van der Waals surface area contributed by atoms with Gasteiger partial charge >= 0.3 is 0 Å². The molecule has 0 radical (unpaired) electrons. The van der Waals surface area contributed by atoms with Crippen LogP contribution in [0.4, 0.5) is 0 Å². The molecular weight excluding hydrogens is 374 g/mol. The van der Waals surface area contributed by atoms with Crippen molar-refractivity contribution in [2.45, 2.75) is 9.79 Å². The first-order chi connectivity index (χ1) is 12.1. The molecule has 0 aliphatic carbocycles. The van der Waals surface area contributed by atoms with Crippen LogP contribution < -0.4 is 4.74 Å². The quantitative estimate of drug-likeness (QED) is 0.496. The maximum absolute atomic E-state index is 9.35. The SMILES string of the molecule is COc1cncc(S)c1-c1cc(C#N)c(Cl)nc1-c1ccccc1S. The molecule has 0 unspecified atom stereocenters. The van der Waals surface area contributed by atoms with E-state index in [0.29, 0.717) is 27.5 Å². The van der Waals surface area contributed by atoms with E-state index in [2.05, 4.69) is 41.3 Å². The molecule has 3 aromatic rings. The summed E-state index contributed by atoms with van der Waals surface area (Å²) in [4.78, 5) is 9.89. The summed E-state index contributed by atoms with van der Waals surface area (Å²) in [6.07, 6.45) is 3.20. The summed E-state index contributed by atoms with van der Waals surface area (Å²) < 4.78 is 5.43. The van der Waals surface area contributed by atoms with Crippen LogP contribution in [0.5, 0.6) is 5.75 Å². The minimum atomic E-state index is 0.131. The van der Waals surface area contributed by atoms with Crippen molar-refractivity contribution in [2.75, 3.05) is 7.11 Å². The highest BCUT2D eigenvalue weighted by Gasteiger charge is 2.20. The minimum Gasteiger partial charge on any atom is -0.494 e. The number of rotatable bonds is 3. The molecule has 4 nitrogen and oxygen atoms in total. The van der Waals surface area contributed by atoms with E-state index in [1.165, 1.54) is 0 Å². The number of hydrogen-bond donors (Lipinski definition) is 2. The normalized spacial score (nSPS) is 10.4. The first-order valence-corrected chi connectivity index (χ1v) is 8.44. The van der Waals surface area contributed by atoms with Gasteiger partial charge in [-0.25, -0.2) is 4.98 Å². The Balaban J connectivity index is 2.41. The van der Waals surface area contributed by atoms with Crippen LogP contribution in [0.15, 0.2) is 52.5 Å². The first-order valence-electron chi connectivity index (χ1n) is 7.17. The summed E-state index contributed by atoms with van der Waals surface area (Å²) in [5.41, 5.74) is 3.01. The predicted octanol–water partition coefficient (Wildman–Crippen LogP) is 4.92. The zero-order valence-electron chi connectivity index (χ0n) is 13.1. The highest BCUT2D eigenvalue weighted by atomic mass is 35.5. The van der Waals surface area contributed by atoms with Crippen LogP contribution in [0, 0.1) is 11.3 Å². The number of ether oxygens (including phenoxy) is 1. The standard InChI is InChI=1S/C18H12ClN3OS2/c1-23-13-8-21-9-15(25)16(13)12-6-10(7-20)18(19)22-17(12)11-4-2-3-5-14(11)24/h2-6,8-9,24-25H,1H3.